The summed E-state index contributed by atoms with van der Waals surface area (Å²) in [5.74, 6) is 1.28. The first kappa shape index (κ1) is 13.4. The monoisotopic (exact) mass is 237 g/mol. The van der Waals surface area contributed by atoms with Crippen LogP contribution in [-0.2, 0) is 4.79 Å². The first-order valence-electron chi connectivity index (χ1n) is 5.65. The van der Waals surface area contributed by atoms with E-state index in [1.54, 1.807) is 32.4 Å². The summed E-state index contributed by atoms with van der Waals surface area (Å²) in [6, 6.07) is 5.31. The van der Waals surface area contributed by atoms with Crippen LogP contribution < -0.4 is 14.8 Å². The second-order valence-corrected chi connectivity index (χ2v) is 3.86. The zero-order valence-electron chi connectivity index (χ0n) is 10.7. The molecule has 1 atom stereocenters. The fourth-order valence-corrected chi connectivity index (χ4v) is 1.35. The van der Waals surface area contributed by atoms with Gasteiger partial charge in [-0.25, -0.2) is 0 Å². The highest BCUT2D eigenvalue weighted by atomic mass is 16.5. The Labute approximate surface area is 102 Å². The summed E-state index contributed by atoms with van der Waals surface area (Å²) < 4.78 is 10.3. The summed E-state index contributed by atoms with van der Waals surface area (Å²) in [5.41, 5.74) is 0.636. The van der Waals surface area contributed by atoms with Crippen molar-refractivity contribution in [1.82, 2.24) is 0 Å². The summed E-state index contributed by atoms with van der Waals surface area (Å²) in [6.45, 7) is 3.87. The fraction of sp³-hybridized carbons (Fsp3) is 0.462. The molecule has 1 aromatic rings. The molecule has 1 amide bonds. The maximum Gasteiger partial charge on any atom is 0.227 e. The number of hydrogen-bond donors (Lipinski definition) is 1. The topological polar surface area (TPSA) is 47.6 Å². The molecule has 0 aliphatic carbocycles. The van der Waals surface area contributed by atoms with Gasteiger partial charge in [-0.05, 0) is 18.6 Å². The van der Waals surface area contributed by atoms with Crippen LogP contribution in [0.15, 0.2) is 18.2 Å². The number of carbonyl (C=O) groups is 1. The van der Waals surface area contributed by atoms with Crippen LogP contribution in [0.3, 0.4) is 0 Å². The van der Waals surface area contributed by atoms with Crippen molar-refractivity contribution in [3.63, 3.8) is 0 Å². The third-order valence-corrected chi connectivity index (χ3v) is 2.72. The number of carbonyl (C=O) groups excluding carboxylic acids is 1. The third-order valence-electron chi connectivity index (χ3n) is 2.72. The Hall–Kier alpha value is -1.71. The molecule has 0 unspecified atom stereocenters. The van der Waals surface area contributed by atoms with Gasteiger partial charge in [-0.2, -0.15) is 0 Å². The maximum atomic E-state index is 11.8. The molecular formula is C13H19NO3. The van der Waals surface area contributed by atoms with Crippen molar-refractivity contribution < 1.29 is 14.3 Å². The Balaban J connectivity index is 2.91. The molecule has 0 aromatic heterocycles. The number of benzene rings is 1. The lowest BCUT2D eigenvalue weighted by Crippen LogP contribution is -2.20. The molecule has 0 aliphatic heterocycles. The zero-order chi connectivity index (χ0) is 12.8. The van der Waals surface area contributed by atoms with Crippen molar-refractivity contribution in [3.05, 3.63) is 18.2 Å². The van der Waals surface area contributed by atoms with Crippen LogP contribution in [-0.4, -0.2) is 20.1 Å². The van der Waals surface area contributed by atoms with Gasteiger partial charge < -0.3 is 14.8 Å². The van der Waals surface area contributed by atoms with E-state index in [0.29, 0.717) is 17.2 Å². The second kappa shape index (κ2) is 6.13. The van der Waals surface area contributed by atoms with E-state index in [0.717, 1.165) is 6.42 Å². The molecular weight excluding hydrogens is 218 g/mol. The zero-order valence-corrected chi connectivity index (χ0v) is 10.7. The van der Waals surface area contributed by atoms with Crippen molar-refractivity contribution >= 4 is 11.6 Å². The highest BCUT2D eigenvalue weighted by molar-refractivity contribution is 5.93. The number of methoxy groups -OCH3 is 2. The minimum Gasteiger partial charge on any atom is -0.497 e. The first-order chi connectivity index (χ1) is 8.12. The smallest absolute Gasteiger partial charge is 0.227 e. The quantitative estimate of drug-likeness (QED) is 0.856. The standard InChI is InChI=1S/C13H19NO3/c1-5-9(2)13(15)14-11-8-10(16-3)6-7-12(11)17-4/h6-9H,5H2,1-4H3,(H,14,15)/t9-/m1/s1. The molecule has 4 nitrogen and oxygen atoms in total. The molecule has 1 aromatic carbocycles. The van der Waals surface area contributed by atoms with Gasteiger partial charge in [-0.15, -0.1) is 0 Å². The van der Waals surface area contributed by atoms with Gasteiger partial charge in [0.2, 0.25) is 5.91 Å². The van der Waals surface area contributed by atoms with Gasteiger partial charge >= 0.3 is 0 Å². The van der Waals surface area contributed by atoms with Gasteiger partial charge in [0, 0.05) is 12.0 Å². The number of hydrogen-bond acceptors (Lipinski definition) is 3. The Morgan fingerprint density at radius 1 is 1.35 bits per heavy atom. The minimum atomic E-state index is -0.0223. The lowest BCUT2D eigenvalue weighted by atomic mass is 10.1. The van der Waals surface area contributed by atoms with E-state index >= 15 is 0 Å². The third kappa shape index (κ3) is 3.37. The minimum absolute atomic E-state index is 0.0148. The summed E-state index contributed by atoms with van der Waals surface area (Å²) in [6.07, 6.45) is 0.804. The molecule has 4 heteroatoms. The predicted octanol–water partition coefficient (Wildman–Crippen LogP) is 2.69. The predicted molar refractivity (Wildman–Crippen MR) is 67.6 cm³/mol. The molecule has 0 saturated heterocycles. The van der Waals surface area contributed by atoms with Crippen LogP contribution in [0.2, 0.25) is 0 Å². The summed E-state index contributed by atoms with van der Waals surface area (Å²) in [5, 5.41) is 2.84. The molecule has 1 rings (SSSR count). The van der Waals surface area contributed by atoms with Crippen LogP contribution in [0.4, 0.5) is 5.69 Å². The number of ether oxygens (including phenoxy) is 2. The highest BCUT2D eigenvalue weighted by Gasteiger charge is 2.13. The van der Waals surface area contributed by atoms with Crippen LogP contribution in [0.25, 0.3) is 0 Å². The van der Waals surface area contributed by atoms with Crippen molar-refractivity contribution in [2.75, 3.05) is 19.5 Å². The van der Waals surface area contributed by atoms with Crippen LogP contribution >= 0.6 is 0 Å². The molecule has 1 N–H and O–H groups in total. The molecule has 17 heavy (non-hydrogen) atoms. The van der Waals surface area contributed by atoms with Crippen molar-refractivity contribution in [2.24, 2.45) is 5.92 Å². The average Bonchev–Trinajstić information content (AvgIpc) is 2.37. The maximum absolute atomic E-state index is 11.8. The number of anilines is 1. The lowest BCUT2D eigenvalue weighted by Gasteiger charge is -2.14. The van der Waals surface area contributed by atoms with E-state index in [2.05, 4.69) is 5.32 Å². The summed E-state index contributed by atoms with van der Waals surface area (Å²) in [7, 11) is 3.16. The molecule has 0 radical (unpaired) electrons. The van der Waals surface area contributed by atoms with Crippen molar-refractivity contribution in [2.45, 2.75) is 20.3 Å². The molecule has 0 heterocycles. The second-order valence-electron chi connectivity index (χ2n) is 3.86. The Morgan fingerprint density at radius 3 is 2.59 bits per heavy atom. The van der Waals surface area contributed by atoms with E-state index in [1.165, 1.54) is 0 Å². The van der Waals surface area contributed by atoms with E-state index in [9.17, 15) is 4.79 Å². The van der Waals surface area contributed by atoms with Gasteiger partial charge in [-0.3, -0.25) is 4.79 Å². The molecule has 0 aliphatic rings. The SMILES string of the molecule is CC[C@@H](C)C(=O)Nc1cc(OC)ccc1OC. The highest BCUT2D eigenvalue weighted by Crippen LogP contribution is 2.29. The summed E-state index contributed by atoms with van der Waals surface area (Å²) >= 11 is 0. The van der Waals surface area contributed by atoms with E-state index in [1.807, 2.05) is 13.8 Å². The first-order valence-corrected chi connectivity index (χ1v) is 5.65. The van der Waals surface area contributed by atoms with E-state index < -0.39 is 0 Å². The lowest BCUT2D eigenvalue weighted by molar-refractivity contribution is -0.119. The Kier molecular flexibility index (Phi) is 4.82. The van der Waals surface area contributed by atoms with Gasteiger partial charge in [0.1, 0.15) is 11.5 Å². The number of rotatable bonds is 5. The van der Waals surface area contributed by atoms with Gasteiger partial charge in [0.15, 0.2) is 0 Å². The van der Waals surface area contributed by atoms with Gasteiger partial charge in [0.05, 0.1) is 19.9 Å². The van der Waals surface area contributed by atoms with Gasteiger partial charge in [-0.1, -0.05) is 13.8 Å². The van der Waals surface area contributed by atoms with Crippen molar-refractivity contribution in [1.29, 1.82) is 0 Å². The Morgan fingerprint density at radius 2 is 2.06 bits per heavy atom. The molecule has 0 spiro atoms. The molecule has 94 valence electrons. The number of amides is 1. The van der Waals surface area contributed by atoms with Crippen molar-refractivity contribution in [3.8, 4) is 11.5 Å². The molecule has 0 bridgehead atoms. The number of nitrogens with one attached hydrogen (secondary N) is 1. The van der Waals surface area contributed by atoms with E-state index in [-0.39, 0.29) is 11.8 Å². The van der Waals surface area contributed by atoms with Crippen LogP contribution in [0, 0.1) is 5.92 Å². The molecule has 0 saturated carbocycles. The van der Waals surface area contributed by atoms with E-state index in [4.69, 9.17) is 9.47 Å². The average molecular weight is 237 g/mol. The normalized spacial score (nSPS) is 11.8. The van der Waals surface area contributed by atoms with Gasteiger partial charge in [0.25, 0.3) is 0 Å². The fourth-order valence-electron chi connectivity index (χ4n) is 1.35. The largest absolute Gasteiger partial charge is 0.497 e. The molecule has 0 fully saturated rings. The Bertz CT molecular complexity index is 390. The van der Waals surface area contributed by atoms with Crippen LogP contribution in [0.1, 0.15) is 20.3 Å². The van der Waals surface area contributed by atoms with Crippen LogP contribution in [0.5, 0.6) is 11.5 Å². The summed E-state index contributed by atoms with van der Waals surface area (Å²) in [4.78, 5) is 11.8.